The van der Waals surface area contributed by atoms with Crippen LogP contribution in [-0.4, -0.2) is 32.4 Å². The number of benzene rings is 2. The molecule has 2 aliphatic carbocycles. The number of hydrogen-bond acceptors (Lipinski definition) is 3. The zero-order valence-electron chi connectivity index (χ0n) is 18.1. The molecule has 3 aliphatic rings. The molecule has 31 heavy (non-hydrogen) atoms. The molecule has 0 spiro atoms. The summed E-state index contributed by atoms with van der Waals surface area (Å²) >= 11 is 6.75. The van der Waals surface area contributed by atoms with Crippen molar-refractivity contribution in [1.29, 1.82) is 0 Å². The van der Waals surface area contributed by atoms with E-state index in [1.807, 2.05) is 30.3 Å². The van der Waals surface area contributed by atoms with Gasteiger partial charge in [0.2, 0.25) is 10.0 Å². The minimum Gasteiger partial charge on any atom is -0.339 e. The number of anilines is 2. The molecule has 2 saturated carbocycles. The van der Waals surface area contributed by atoms with Crippen LogP contribution in [0.15, 0.2) is 47.4 Å². The smallest absolute Gasteiger partial charge is 0.245 e. The van der Waals surface area contributed by atoms with Gasteiger partial charge in [0.05, 0.1) is 5.69 Å². The molecular formula is C25H31ClN2O2S. The molecule has 5 rings (SSSR count). The van der Waals surface area contributed by atoms with Gasteiger partial charge in [0.1, 0.15) is 4.90 Å². The molecule has 0 unspecified atom stereocenters. The van der Waals surface area contributed by atoms with Crippen LogP contribution >= 0.6 is 11.6 Å². The molecule has 0 N–H and O–H groups in total. The SMILES string of the molecule is CN1[C@H](C2CCCCC2)CN(c2ccccc2)c2cc(Cl)c(C3CCC3)cc2S1(=O)=O. The van der Waals surface area contributed by atoms with E-state index < -0.39 is 10.0 Å². The molecule has 4 nitrogen and oxygen atoms in total. The molecule has 0 bridgehead atoms. The molecular weight excluding hydrogens is 428 g/mol. The third-order valence-electron chi connectivity index (χ3n) is 7.67. The molecule has 2 aromatic carbocycles. The molecule has 6 heteroatoms. The Morgan fingerprint density at radius 1 is 0.935 bits per heavy atom. The van der Waals surface area contributed by atoms with Crippen LogP contribution in [0.1, 0.15) is 62.8 Å². The number of para-hydroxylation sites is 1. The summed E-state index contributed by atoms with van der Waals surface area (Å²) < 4.78 is 29.5. The molecule has 0 radical (unpaired) electrons. The van der Waals surface area contributed by atoms with Crippen LogP contribution in [0.5, 0.6) is 0 Å². The first-order valence-electron chi connectivity index (χ1n) is 11.6. The van der Waals surface area contributed by atoms with Crippen molar-refractivity contribution in [2.75, 3.05) is 18.5 Å². The maximum Gasteiger partial charge on any atom is 0.245 e. The third kappa shape index (κ3) is 3.79. The second-order valence-electron chi connectivity index (χ2n) is 9.40. The quantitative estimate of drug-likeness (QED) is 0.539. The van der Waals surface area contributed by atoms with Gasteiger partial charge < -0.3 is 4.90 Å². The summed E-state index contributed by atoms with van der Waals surface area (Å²) in [6.45, 7) is 0.649. The van der Waals surface area contributed by atoms with E-state index in [2.05, 4.69) is 17.0 Å². The van der Waals surface area contributed by atoms with E-state index in [-0.39, 0.29) is 6.04 Å². The van der Waals surface area contributed by atoms with Gasteiger partial charge in [0, 0.05) is 30.3 Å². The lowest BCUT2D eigenvalue weighted by molar-refractivity contribution is 0.218. The van der Waals surface area contributed by atoms with Gasteiger partial charge in [0.25, 0.3) is 0 Å². The van der Waals surface area contributed by atoms with Gasteiger partial charge in [-0.05, 0) is 67.3 Å². The van der Waals surface area contributed by atoms with E-state index >= 15 is 0 Å². The molecule has 0 saturated heterocycles. The lowest BCUT2D eigenvalue weighted by Gasteiger charge is -2.36. The fourth-order valence-corrected chi connectivity index (χ4v) is 7.49. The minimum absolute atomic E-state index is 0.0520. The number of sulfonamides is 1. The van der Waals surface area contributed by atoms with Gasteiger partial charge in [-0.3, -0.25) is 0 Å². The van der Waals surface area contributed by atoms with Crippen molar-refractivity contribution in [2.24, 2.45) is 5.92 Å². The molecule has 1 atom stereocenters. The minimum atomic E-state index is -3.62. The van der Waals surface area contributed by atoms with Crippen LogP contribution in [-0.2, 0) is 10.0 Å². The van der Waals surface area contributed by atoms with Gasteiger partial charge in [-0.2, -0.15) is 4.31 Å². The summed E-state index contributed by atoms with van der Waals surface area (Å²) in [5.41, 5.74) is 2.72. The first-order valence-corrected chi connectivity index (χ1v) is 13.4. The Kier molecular flexibility index (Phi) is 5.78. The largest absolute Gasteiger partial charge is 0.339 e. The lowest BCUT2D eigenvalue weighted by atomic mass is 9.80. The van der Waals surface area contributed by atoms with Crippen LogP contribution < -0.4 is 4.90 Å². The number of hydrogen-bond donors (Lipinski definition) is 0. The standard InChI is InChI=1S/C25H31ClN2O2S/c1-27-24(19-9-4-2-5-10-19)17-28(20-13-6-3-7-14-20)23-16-22(26)21(18-11-8-12-18)15-25(23)31(27,29)30/h3,6-7,13-16,18-19,24H,2,4-5,8-12,17H2,1H3/t24-/m0/s1. The fraction of sp³-hybridized carbons (Fsp3) is 0.520. The van der Waals surface area contributed by atoms with E-state index in [1.54, 1.807) is 11.4 Å². The van der Waals surface area contributed by atoms with Crippen molar-refractivity contribution in [2.45, 2.75) is 68.2 Å². The Labute approximate surface area is 191 Å². The summed E-state index contributed by atoms with van der Waals surface area (Å²) in [5, 5.41) is 0.693. The van der Waals surface area contributed by atoms with E-state index in [0.717, 1.165) is 36.9 Å². The summed E-state index contributed by atoms with van der Waals surface area (Å²) in [5.74, 6) is 0.761. The van der Waals surface area contributed by atoms with Gasteiger partial charge >= 0.3 is 0 Å². The normalized spacial score (nSPS) is 25.0. The molecule has 0 amide bonds. The van der Waals surface area contributed by atoms with E-state index in [0.29, 0.717) is 34.0 Å². The number of likely N-dealkylation sites (N-methyl/N-ethyl adjacent to an activating group) is 1. The highest BCUT2D eigenvalue weighted by molar-refractivity contribution is 7.89. The fourth-order valence-electron chi connectivity index (χ4n) is 5.56. The maximum absolute atomic E-state index is 13.9. The zero-order chi connectivity index (χ0) is 21.6. The number of fused-ring (bicyclic) bond motifs is 1. The summed E-state index contributed by atoms with van der Waals surface area (Å²) in [7, 11) is -1.84. The van der Waals surface area contributed by atoms with Gasteiger partial charge in [-0.25, -0.2) is 8.42 Å². The number of nitrogens with zero attached hydrogens (tertiary/aromatic N) is 2. The third-order valence-corrected chi connectivity index (χ3v) is 9.91. The van der Waals surface area contributed by atoms with Crippen molar-refractivity contribution in [1.82, 2.24) is 4.31 Å². The average molecular weight is 459 g/mol. The molecule has 1 heterocycles. The molecule has 2 fully saturated rings. The van der Waals surface area contributed by atoms with Gasteiger partial charge in [-0.15, -0.1) is 0 Å². The topological polar surface area (TPSA) is 40.6 Å². The van der Waals surface area contributed by atoms with Gasteiger partial charge in [-0.1, -0.05) is 55.5 Å². The number of halogens is 1. The Bertz CT molecular complexity index is 1050. The molecule has 1 aliphatic heterocycles. The van der Waals surface area contributed by atoms with Gasteiger partial charge in [0.15, 0.2) is 0 Å². The molecule has 2 aromatic rings. The number of rotatable bonds is 3. The molecule has 166 valence electrons. The van der Waals surface area contributed by atoms with E-state index in [9.17, 15) is 8.42 Å². The van der Waals surface area contributed by atoms with Crippen molar-refractivity contribution < 1.29 is 8.42 Å². The highest BCUT2D eigenvalue weighted by atomic mass is 35.5. The maximum atomic E-state index is 13.9. The Balaban J connectivity index is 1.67. The molecule has 0 aromatic heterocycles. The summed E-state index contributed by atoms with van der Waals surface area (Å²) in [4.78, 5) is 2.59. The van der Waals surface area contributed by atoms with Crippen molar-refractivity contribution in [3.63, 3.8) is 0 Å². The van der Waals surface area contributed by atoms with Crippen LogP contribution in [0.2, 0.25) is 5.02 Å². The van der Waals surface area contributed by atoms with E-state index in [1.165, 1.54) is 25.7 Å². The second-order valence-corrected chi connectivity index (χ2v) is 11.8. The predicted octanol–water partition coefficient (Wildman–Crippen LogP) is 6.33. The predicted molar refractivity (Wildman–Crippen MR) is 127 cm³/mol. The second kappa shape index (κ2) is 8.42. The van der Waals surface area contributed by atoms with E-state index in [4.69, 9.17) is 11.6 Å². The summed E-state index contributed by atoms with van der Waals surface area (Å²) in [6, 6.07) is 13.9. The van der Waals surface area contributed by atoms with Crippen LogP contribution in [0.3, 0.4) is 0 Å². The van der Waals surface area contributed by atoms with Crippen LogP contribution in [0.4, 0.5) is 11.4 Å². The van der Waals surface area contributed by atoms with Crippen molar-refractivity contribution in [3.05, 3.63) is 53.1 Å². The zero-order valence-corrected chi connectivity index (χ0v) is 19.7. The first-order chi connectivity index (χ1) is 15.0. The Hall–Kier alpha value is -1.56. The van der Waals surface area contributed by atoms with Crippen molar-refractivity contribution in [3.8, 4) is 0 Å². The first kappa shape index (κ1) is 21.3. The average Bonchev–Trinajstić information content (AvgIpc) is 2.82. The van der Waals surface area contributed by atoms with Crippen LogP contribution in [0, 0.1) is 5.92 Å². The Morgan fingerprint density at radius 3 is 2.29 bits per heavy atom. The Morgan fingerprint density at radius 2 is 1.65 bits per heavy atom. The highest BCUT2D eigenvalue weighted by Gasteiger charge is 2.41. The highest BCUT2D eigenvalue weighted by Crippen LogP contribution is 2.46. The van der Waals surface area contributed by atoms with Crippen molar-refractivity contribution >= 4 is 33.0 Å². The monoisotopic (exact) mass is 458 g/mol. The lowest BCUT2D eigenvalue weighted by Crippen LogP contribution is -2.46. The van der Waals surface area contributed by atoms with Crippen LogP contribution in [0.25, 0.3) is 0 Å². The summed E-state index contributed by atoms with van der Waals surface area (Å²) in [6.07, 6.45) is 9.17.